The molecule has 0 spiro atoms. The normalized spacial score (nSPS) is 10.8. The van der Waals surface area contributed by atoms with E-state index in [1.807, 2.05) is 24.0 Å². The highest BCUT2D eigenvalue weighted by atomic mass is 17.1. The van der Waals surface area contributed by atoms with Crippen LogP contribution >= 0.6 is 0 Å². The Morgan fingerprint density at radius 1 is 1.13 bits per heavy atom. The van der Waals surface area contributed by atoms with Crippen molar-refractivity contribution >= 4 is 29.3 Å². The summed E-state index contributed by atoms with van der Waals surface area (Å²) in [6.07, 6.45) is 1.50. The van der Waals surface area contributed by atoms with Gasteiger partial charge >= 0.3 is 5.97 Å². The molecule has 0 unspecified atom stereocenters. The lowest BCUT2D eigenvalue weighted by Crippen LogP contribution is -2.30. The fourth-order valence-electron chi connectivity index (χ4n) is 2.79. The van der Waals surface area contributed by atoms with Gasteiger partial charge in [-0.15, -0.1) is 0 Å². The van der Waals surface area contributed by atoms with Crippen molar-refractivity contribution in [1.82, 2.24) is 0 Å². The van der Waals surface area contributed by atoms with E-state index in [9.17, 15) is 9.59 Å². The minimum Gasteiger partial charge on any atom is -0.465 e. The van der Waals surface area contributed by atoms with Crippen LogP contribution in [-0.2, 0) is 25.8 Å². The van der Waals surface area contributed by atoms with E-state index < -0.39 is 5.91 Å². The molecular formula is C23H25N3O5. The van der Waals surface area contributed by atoms with Crippen molar-refractivity contribution in [3.63, 3.8) is 0 Å². The van der Waals surface area contributed by atoms with Crippen LogP contribution in [0.15, 0.2) is 54.2 Å². The van der Waals surface area contributed by atoms with Crippen LogP contribution in [0.4, 0.5) is 11.4 Å². The molecule has 0 heterocycles. The molecule has 2 aromatic rings. The quantitative estimate of drug-likeness (QED) is 0.198. The third-order valence-electron chi connectivity index (χ3n) is 4.36. The van der Waals surface area contributed by atoms with Gasteiger partial charge in [0.1, 0.15) is 13.2 Å². The van der Waals surface area contributed by atoms with Crippen LogP contribution in [0.3, 0.4) is 0 Å². The van der Waals surface area contributed by atoms with Crippen molar-refractivity contribution in [2.24, 2.45) is 0 Å². The Balaban J connectivity index is 2.08. The lowest BCUT2D eigenvalue weighted by Gasteiger charge is -2.22. The SMILES string of the molecule is [C-]#[N+]C(=Cc1ccc(N(CC)CC(=O)OCC)cc1)C(=O)Nc1ccc(COO)cc1. The predicted molar refractivity (Wildman–Crippen MR) is 118 cm³/mol. The van der Waals surface area contributed by atoms with Crippen molar-refractivity contribution in [2.75, 3.05) is 29.9 Å². The summed E-state index contributed by atoms with van der Waals surface area (Å²) in [6, 6.07) is 13.9. The van der Waals surface area contributed by atoms with Gasteiger partial charge in [0, 0.05) is 17.9 Å². The molecule has 0 aliphatic rings. The van der Waals surface area contributed by atoms with Crippen molar-refractivity contribution < 1.29 is 24.5 Å². The third-order valence-corrected chi connectivity index (χ3v) is 4.36. The van der Waals surface area contributed by atoms with Crippen LogP contribution < -0.4 is 10.2 Å². The minimum atomic E-state index is -0.525. The Morgan fingerprint density at radius 2 is 1.81 bits per heavy atom. The van der Waals surface area contributed by atoms with Crippen LogP contribution in [0.25, 0.3) is 10.9 Å². The van der Waals surface area contributed by atoms with Gasteiger partial charge in [-0.1, -0.05) is 24.3 Å². The summed E-state index contributed by atoms with van der Waals surface area (Å²) in [4.78, 5) is 33.5. The van der Waals surface area contributed by atoms with E-state index in [2.05, 4.69) is 15.0 Å². The van der Waals surface area contributed by atoms with Crippen LogP contribution in [0.2, 0.25) is 0 Å². The summed E-state index contributed by atoms with van der Waals surface area (Å²) >= 11 is 0. The first-order valence-electron chi connectivity index (χ1n) is 9.77. The summed E-state index contributed by atoms with van der Waals surface area (Å²) in [5, 5.41) is 11.1. The molecule has 2 aromatic carbocycles. The average molecular weight is 423 g/mol. The number of carbonyl (C=O) groups is 2. The molecule has 2 N–H and O–H groups in total. The number of esters is 1. The van der Waals surface area contributed by atoms with E-state index in [4.69, 9.17) is 16.6 Å². The first-order chi connectivity index (χ1) is 15.0. The van der Waals surface area contributed by atoms with E-state index in [0.29, 0.717) is 24.4 Å². The number of anilines is 2. The Hall–Kier alpha value is -3.67. The first kappa shape index (κ1) is 23.6. The largest absolute Gasteiger partial charge is 0.465 e. The van der Waals surface area contributed by atoms with E-state index >= 15 is 0 Å². The van der Waals surface area contributed by atoms with Gasteiger partial charge in [-0.05, 0) is 55.3 Å². The fraction of sp³-hybridized carbons (Fsp3) is 0.261. The molecule has 0 aliphatic carbocycles. The molecule has 162 valence electrons. The lowest BCUT2D eigenvalue weighted by atomic mass is 10.1. The number of nitrogens with zero attached hydrogens (tertiary/aromatic N) is 2. The summed E-state index contributed by atoms with van der Waals surface area (Å²) < 4.78 is 5.00. The molecule has 0 bridgehead atoms. The second-order valence-electron chi connectivity index (χ2n) is 6.48. The Bertz CT molecular complexity index is 947. The summed E-state index contributed by atoms with van der Waals surface area (Å²) in [7, 11) is 0. The lowest BCUT2D eigenvalue weighted by molar-refractivity contribution is -0.253. The van der Waals surface area contributed by atoms with Crippen molar-refractivity contribution in [3.05, 3.63) is 76.8 Å². The second-order valence-corrected chi connectivity index (χ2v) is 6.48. The average Bonchev–Trinajstić information content (AvgIpc) is 2.78. The van der Waals surface area contributed by atoms with E-state index in [1.165, 1.54) is 6.08 Å². The molecular weight excluding hydrogens is 398 g/mol. The number of carbonyl (C=O) groups excluding carboxylic acids is 2. The zero-order chi connectivity index (χ0) is 22.6. The van der Waals surface area contributed by atoms with Crippen LogP contribution in [0, 0.1) is 6.57 Å². The topological polar surface area (TPSA) is 92.5 Å². The number of hydrogen-bond donors (Lipinski definition) is 2. The monoisotopic (exact) mass is 423 g/mol. The number of benzene rings is 2. The Kier molecular flexibility index (Phi) is 9.23. The Labute approximate surface area is 181 Å². The molecule has 0 atom stereocenters. The van der Waals surface area contributed by atoms with E-state index in [-0.39, 0.29) is 24.8 Å². The first-order valence-corrected chi connectivity index (χ1v) is 9.77. The highest BCUT2D eigenvalue weighted by Crippen LogP contribution is 2.18. The van der Waals surface area contributed by atoms with E-state index in [0.717, 1.165) is 11.3 Å². The van der Waals surface area contributed by atoms with Gasteiger partial charge in [0.15, 0.2) is 0 Å². The maximum Gasteiger partial charge on any atom is 0.325 e. The van der Waals surface area contributed by atoms with Crippen molar-refractivity contribution in [1.29, 1.82) is 0 Å². The second kappa shape index (κ2) is 12.1. The maximum absolute atomic E-state index is 12.4. The maximum atomic E-state index is 12.4. The van der Waals surface area contributed by atoms with Gasteiger partial charge in [0.2, 0.25) is 0 Å². The van der Waals surface area contributed by atoms with Gasteiger partial charge in [0.25, 0.3) is 11.6 Å². The van der Waals surface area contributed by atoms with Gasteiger partial charge in [-0.2, -0.15) is 0 Å². The highest BCUT2D eigenvalue weighted by molar-refractivity contribution is 6.08. The summed E-state index contributed by atoms with van der Waals surface area (Å²) in [5.74, 6) is -0.820. The fourth-order valence-corrected chi connectivity index (χ4v) is 2.79. The molecule has 8 nitrogen and oxygen atoms in total. The molecule has 0 radical (unpaired) electrons. The van der Waals surface area contributed by atoms with Gasteiger partial charge in [-0.25, -0.2) is 9.73 Å². The molecule has 0 saturated heterocycles. The smallest absolute Gasteiger partial charge is 0.325 e. The standard InChI is InChI=1S/C23H25N3O5/c1-4-26(15-22(27)30-5-2)20-12-8-17(9-13-20)14-21(24-3)23(28)25-19-10-6-18(7-11-19)16-31-29/h6-14,29H,4-5,15-16H2,1-2H3,(H,25,28). The number of nitrogens with one attached hydrogen (secondary N) is 1. The third kappa shape index (κ3) is 7.26. The van der Waals surface area contributed by atoms with Crippen LogP contribution in [0.1, 0.15) is 25.0 Å². The number of hydrogen-bond acceptors (Lipinski definition) is 6. The molecule has 8 heteroatoms. The predicted octanol–water partition coefficient (Wildman–Crippen LogP) is 3.96. The van der Waals surface area contributed by atoms with Gasteiger partial charge in [-0.3, -0.25) is 14.8 Å². The zero-order valence-corrected chi connectivity index (χ0v) is 17.5. The van der Waals surface area contributed by atoms with Crippen molar-refractivity contribution in [3.8, 4) is 0 Å². The zero-order valence-electron chi connectivity index (χ0n) is 17.5. The van der Waals surface area contributed by atoms with E-state index in [1.54, 1.807) is 43.3 Å². The number of rotatable bonds is 10. The van der Waals surface area contributed by atoms with Gasteiger partial charge < -0.3 is 15.0 Å². The van der Waals surface area contributed by atoms with Crippen LogP contribution in [-0.4, -0.2) is 36.8 Å². The Morgan fingerprint density at radius 3 is 2.35 bits per heavy atom. The summed E-state index contributed by atoms with van der Waals surface area (Å²) in [6.45, 7) is 12.2. The summed E-state index contributed by atoms with van der Waals surface area (Å²) in [5.41, 5.74) is 2.73. The molecule has 2 rings (SSSR count). The molecule has 0 aromatic heterocycles. The number of likely N-dealkylation sites (N-methyl/N-ethyl adjacent to an activating group) is 1. The molecule has 0 aliphatic heterocycles. The van der Waals surface area contributed by atoms with Crippen LogP contribution in [0.5, 0.6) is 0 Å². The molecule has 31 heavy (non-hydrogen) atoms. The highest BCUT2D eigenvalue weighted by Gasteiger charge is 2.12. The molecule has 0 fully saturated rings. The van der Waals surface area contributed by atoms with Gasteiger partial charge in [0.05, 0.1) is 13.2 Å². The molecule has 1 amide bonds. The minimum absolute atomic E-state index is 0.0483. The molecule has 0 saturated carbocycles. The van der Waals surface area contributed by atoms with Crippen molar-refractivity contribution in [2.45, 2.75) is 20.5 Å². The number of amides is 1. The number of ether oxygens (including phenoxy) is 1.